The maximum atomic E-state index is 12.8. The molecular weight excluding hydrogens is 290 g/mol. The number of benzene rings is 1. The van der Waals surface area contributed by atoms with Gasteiger partial charge < -0.3 is 5.32 Å². The van der Waals surface area contributed by atoms with E-state index in [1.54, 1.807) is 0 Å². The molecule has 2 amide bonds. The number of carbonyl (C=O) groups excluding carboxylic acids is 2. The van der Waals surface area contributed by atoms with Crippen LogP contribution >= 0.6 is 0 Å². The lowest BCUT2D eigenvalue weighted by molar-refractivity contribution is -0.136. The van der Waals surface area contributed by atoms with Crippen molar-refractivity contribution < 1.29 is 9.59 Å². The van der Waals surface area contributed by atoms with Crippen molar-refractivity contribution >= 4 is 17.5 Å². The summed E-state index contributed by atoms with van der Waals surface area (Å²) in [5.74, 6) is -1.55. The van der Waals surface area contributed by atoms with Crippen LogP contribution < -0.4 is 10.7 Å². The van der Waals surface area contributed by atoms with Crippen LogP contribution in [0.2, 0.25) is 0 Å². The summed E-state index contributed by atoms with van der Waals surface area (Å²) in [5, 5.41) is 7.17. The third-order valence-electron chi connectivity index (χ3n) is 4.80. The molecule has 122 valence electrons. The molecule has 1 saturated carbocycles. The third kappa shape index (κ3) is 3.44. The minimum absolute atomic E-state index is 0.183. The van der Waals surface area contributed by atoms with Crippen molar-refractivity contribution in [2.75, 3.05) is 0 Å². The summed E-state index contributed by atoms with van der Waals surface area (Å²) in [7, 11) is 0. The van der Waals surface area contributed by atoms with E-state index in [0.29, 0.717) is 0 Å². The van der Waals surface area contributed by atoms with E-state index in [9.17, 15) is 9.59 Å². The summed E-state index contributed by atoms with van der Waals surface area (Å²) in [6.45, 7) is 1.86. The lowest BCUT2D eigenvalue weighted by Gasteiger charge is -2.31. The van der Waals surface area contributed by atoms with E-state index >= 15 is 0 Å². The van der Waals surface area contributed by atoms with Gasteiger partial charge in [0.25, 0.3) is 5.91 Å². The molecule has 2 aliphatic rings. The molecule has 23 heavy (non-hydrogen) atoms. The van der Waals surface area contributed by atoms with Crippen molar-refractivity contribution in [1.82, 2.24) is 10.7 Å². The average molecular weight is 313 g/mol. The second-order valence-corrected chi connectivity index (χ2v) is 6.44. The molecule has 0 aromatic heterocycles. The molecule has 1 fully saturated rings. The average Bonchev–Trinajstić information content (AvgIpc) is 2.58. The highest BCUT2D eigenvalue weighted by Gasteiger charge is 2.40. The number of carbonyl (C=O) groups is 2. The Balaban J connectivity index is 1.83. The molecule has 1 aliphatic carbocycles. The fourth-order valence-electron chi connectivity index (χ4n) is 3.58. The predicted octanol–water partition coefficient (Wildman–Crippen LogP) is 2.34. The molecule has 0 spiro atoms. The monoisotopic (exact) mass is 313 g/mol. The van der Waals surface area contributed by atoms with Crippen LogP contribution in [0.1, 0.15) is 50.5 Å². The van der Waals surface area contributed by atoms with Crippen LogP contribution in [0.15, 0.2) is 35.4 Å². The number of nitrogens with one attached hydrogen (secondary N) is 2. The van der Waals surface area contributed by atoms with Crippen molar-refractivity contribution in [2.45, 2.75) is 51.0 Å². The van der Waals surface area contributed by atoms with Gasteiger partial charge in [0.05, 0.1) is 0 Å². The highest BCUT2D eigenvalue weighted by atomic mass is 16.2. The zero-order chi connectivity index (χ0) is 16.2. The topological polar surface area (TPSA) is 70.6 Å². The Kier molecular flexibility index (Phi) is 4.74. The van der Waals surface area contributed by atoms with Crippen LogP contribution in [0.25, 0.3) is 0 Å². The van der Waals surface area contributed by atoms with Crippen LogP contribution in [-0.2, 0) is 9.59 Å². The lowest BCUT2D eigenvalue weighted by atomic mass is 9.80. The maximum Gasteiger partial charge on any atom is 0.253 e. The van der Waals surface area contributed by atoms with Gasteiger partial charge in [0.2, 0.25) is 5.91 Å². The first-order valence-corrected chi connectivity index (χ1v) is 8.36. The Bertz CT molecular complexity index is 606. The number of hydrazone groups is 1. The number of amides is 2. The Morgan fingerprint density at radius 2 is 1.87 bits per heavy atom. The van der Waals surface area contributed by atoms with Crippen molar-refractivity contribution in [3.63, 3.8) is 0 Å². The van der Waals surface area contributed by atoms with Gasteiger partial charge in [-0.1, -0.05) is 49.6 Å². The fraction of sp³-hybridized carbons (Fsp3) is 0.500. The summed E-state index contributed by atoms with van der Waals surface area (Å²) in [6.07, 6.45) is 5.52. The van der Waals surface area contributed by atoms with E-state index in [0.717, 1.165) is 37.0 Å². The van der Waals surface area contributed by atoms with E-state index in [1.807, 2.05) is 37.3 Å². The first-order chi connectivity index (χ1) is 11.2. The van der Waals surface area contributed by atoms with Gasteiger partial charge in [-0.15, -0.1) is 0 Å². The van der Waals surface area contributed by atoms with Crippen molar-refractivity contribution in [2.24, 2.45) is 11.0 Å². The van der Waals surface area contributed by atoms with E-state index < -0.39 is 5.92 Å². The zero-order valence-corrected chi connectivity index (χ0v) is 13.4. The fourth-order valence-corrected chi connectivity index (χ4v) is 3.58. The standard InChI is InChI=1S/C18H23N3O2/c1-12-15(13-8-4-2-5-9-13)16(18(23)21-20-12)17(22)19-14-10-6-3-7-11-14/h2,4-5,8-9,14-16H,3,6-7,10-11H2,1H3,(H,19,22)(H,21,23). The molecule has 5 heteroatoms. The molecule has 0 bridgehead atoms. The molecule has 0 radical (unpaired) electrons. The van der Waals surface area contributed by atoms with Gasteiger partial charge in [-0.05, 0) is 25.3 Å². The van der Waals surface area contributed by atoms with E-state index in [4.69, 9.17) is 0 Å². The van der Waals surface area contributed by atoms with Gasteiger partial charge in [-0.2, -0.15) is 5.10 Å². The smallest absolute Gasteiger partial charge is 0.253 e. The third-order valence-corrected chi connectivity index (χ3v) is 4.80. The minimum Gasteiger partial charge on any atom is -0.353 e. The molecule has 3 rings (SSSR count). The molecule has 1 aliphatic heterocycles. The van der Waals surface area contributed by atoms with Crippen LogP contribution in [0.5, 0.6) is 0 Å². The van der Waals surface area contributed by atoms with Crippen LogP contribution in [0, 0.1) is 5.92 Å². The molecule has 2 unspecified atom stereocenters. The Labute approximate surface area is 136 Å². The second-order valence-electron chi connectivity index (χ2n) is 6.44. The van der Waals surface area contributed by atoms with E-state index in [-0.39, 0.29) is 23.8 Å². The molecule has 1 aromatic rings. The Hall–Kier alpha value is -2.17. The van der Waals surface area contributed by atoms with Gasteiger partial charge in [0.1, 0.15) is 5.92 Å². The van der Waals surface area contributed by atoms with E-state index in [1.165, 1.54) is 6.42 Å². The highest BCUT2D eigenvalue weighted by molar-refractivity contribution is 6.09. The van der Waals surface area contributed by atoms with Gasteiger partial charge in [-0.3, -0.25) is 9.59 Å². The predicted molar refractivity (Wildman–Crippen MR) is 88.9 cm³/mol. The summed E-state index contributed by atoms with van der Waals surface area (Å²) in [6, 6.07) is 9.86. The Morgan fingerprint density at radius 3 is 2.57 bits per heavy atom. The van der Waals surface area contributed by atoms with E-state index in [2.05, 4.69) is 15.8 Å². The van der Waals surface area contributed by atoms with Crippen LogP contribution in [-0.4, -0.2) is 23.6 Å². The summed E-state index contributed by atoms with van der Waals surface area (Å²) in [4.78, 5) is 25.1. The van der Waals surface area contributed by atoms with Crippen LogP contribution in [0.4, 0.5) is 0 Å². The molecule has 2 atom stereocenters. The largest absolute Gasteiger partial charge is 0.353 e. The molecular formula is C18H23N3O2. The van der Waals surface area contributed by atoms with Gasteiger partial charge in [0.15, 0.2) is 0 Å². The zero-order valence-electron chi connectivity index (χ0n) is 13.4. The quantitative estimate of drug-likeness (QED) is 0.841. The number of rotatable bonds is 3. The van der Waals surface area contributed by atoms with Crippen molar-refractivity contribution in [3.8, 4) is 0 Å². The molecule has 5 nitrogen and oxygen atoms in total. The maximum absolute atomic E-state index is 12.8. The Morgan fingerprint density at radius 1 is 1.17 bits per heavy atom. The van der Waals surface area contributed by atoms with Gasteiger partial charge >= 0.3 is 0 Å². The molecule has 0 saturated heterocycles. The first-order valence-electron chi connectivity index (χ1n) is 8.36. The number of nitrogens with zero attached hydrogens (tertiary/aromatic N) is 1. The molecule has 2 N–H and O–H groups in total. The van der Waals surface area contributed by atoms with Crippen LogP contribution in [0.3, 0.4) is 0 Å². The summed E-state index contributed by atoms with van der Waals surface area (Å²) in [5.41, 5.74) is 4.20. The van der Waals surface area contributed by atoms with Crippen molar-refractivity contribution in [3.05, 3.63) is 35.9 Å². The van der Waals surface area contributed by atoms with Gasteiger partial charge in [0, 0.05) is 17.7 Å². The first kappa shape index (κ1) is 15.7. The SMILES string of the molecule is CC1=NNC(=O)C(C(=O)NC2CCCCC2)C1c1ccccc1. The number of hydrogen-bond donors (Lipinski definition) is 2. The lowest BCUT2D eigenvalue weighted by Crippen LogP contribution is -2.50. The molecule has 1 aromatic carbocycles. The summed E-state index contributed by atoms with van der Waals surface area (Å²) >= 11 is 0. The highest BCUT2D eigenvalue weighted by Crippen LogP contribution is 2.30. The van der Waals surface area contributed by atoms with Gasteiger partial charge in [-0.25, -0.2) is 5.43 Å². The molecule has 1 heterocycles. The van der Waals surface area contributed by atoms with Crippen molar-refractivity contribution in [1.29, 1.82) is 0 Å². The minimum atomic E-state index is -0.753. The number of hydrogen-bond acceptors (Lipinski definition) is 3. The second kappa shape index (κ2) is 6.94. The normalized spacial score (nSPS) is 25.4. The summed E-state index contributed by atoms with van der Waals surface area (Å²) < 4.78 is 0.